The van der Waals surface area contributed by atoms with E-state index in [-0.39, 0.29) is 5.15 Å². The molecule has 6 heteroatoms. The molecule has 0 aromatic carbocycles. The van der Waals surface area contributed by atoms with E-state index < -0.39 is 0 Å². The Morgan fingerprint density at radius 3 is 3.09 bits per heavy atom. The highest BCUT2D eigenvalue weighted by Crippen LogP contribution is 2.30. The highest BCUT2D eigenvalue weighted by Gasteiger charge is 2.01. The number of pyridine rings is 1. The number of aromatic nitrogens is 1. The molecule has 1 rings (SSSR count). The van der Waals surface area contributed by atoms with Gasteiger partial charge in [-0.2, -0.15) is 0 Å². The van der Waals surface area contributed by atoms with Crippen molar-refractivity contribution in [3.05, 3.63) is 32.3 Å². The fraction of sp³-hybridized carbons (Fsp3) is 0. The van der Waals surface area contributed by atoms with Gasteiger partial charge < -0.3 is 0 Å². The fourth-order valence-electron chi connectivity index (χ4n) is 0.534. The summed E-state index contributed by atoms with van der Waals surface area (Å²) < 4.78 is 0.513. The molecule has 0 aliphatic carbocycles. The van der Waals surface area contributed by atoms with E-state index in [1.54, 1.807) is 6.07 Å². The molecule has 0 fully saturated rings. The quantitative estimate of drug-likeness (QED) is 0.317. The third-order valence-corrected chi connectivity index (χ3v) is 2.28. The Kier molecular flexibility index (Phi) is 2.70. The molecule has 0 aliphatic rings. The fourth-order valence-corrected chi connectivity index (χ4v) is 1.00. The van der Waals surface area contributed by atoms with Gasteiger partial charge in [-0.05, 0) is 27.5 Å². The van der Waals surface area contributed by atoms with E-state index in [0.717, 1.165) is 0 Å². The molecule has 4 nitrogen and oxygen atoms in total. The zero-order chi connectivity index (χ0) is 8.27. The summed E-state index contributed by atoms with van der Waals surface area (Å²) >= 11 is 8.73. The first kappa shape index (κ1) is 8.33. The average Bonchev–Trinajstić information content (AvgIpc) is 1.99. The van der Waals surface area contributed by atoms with Crippen LogP contribution >= 0.6 is 27.5 Å². The van der Waals surface area contributed by atoms with Gasteiger partial charge in [0.25, 0.3) is 0 Å². The number of azide groups is 1. The van der Waals surface area contributed by atoms with Gasteiger partial charge in [-0.25, -0.2) is 4.98 Å². The molecule has 0 N–H and O–H groups in total. The zero-order valence-electron chi connectivity index (χ0n) is 5.20. The standard InChI is InChI=1S/C5H2BrClN4/c6-4-3(10-11-8)1-2-9-5(4)7/h1-2H. The van der Waals surface area contributed by atoms with E-state index in [1.807, 2.05) is 0 Å². The van der Waals surface area contributed by atoms with Crippen molar-refractivity contribution in [3.63, 3.8) is 0 Å². The molecule has 0 unspecified atom stereocenters. The van der Waals surface area contributed by atoms with Gasteiger partial charge in [-0.1, -0.05) is 16.7 Å². The van der Waals surface area contributed by atoms with Crippen molar-refractivity contribution >= 4 is 33.2 Å². The maximum Gasteiger partial charge on any atom is 0.143 e. The van der Waals surface area contributed by atoms with Crippen LogP contribution in [0.25, 0.3) is 10.4 Å². The summed E-state index contributed by atoms with van der Waals surface area (Å²) in [5.74, 6) is 0. The molecule has 0 saturated heterocycles. The molecule has 0 aliphatic heterocycles. The second-order valence-corrected chi connectivity index (χ2v) is 2.78. The van der Waals surface area contributed by atoms with Gasteiger partial charge in [0.05, 0.1) is 10.2 Å². The molecule has 1 aromatic rings. The Balaban J connectivity index is 3.26. The predicted octanol–water partition coefficient (Wildman–Crippen LogP) is 3.44. The van der Waals surface area contributed by atoms with Crippen molar-refractivity contribution in [1.82, 2.24) is 4.98 Å². The third kappa shape index (κ3) is 1.83. The maximum atomic E-state index is 8.11. The summed E-state index contributed by atoms with van der Waals surface area (Å²) in [6.07, 6.45) is 1.47. The molecule has 0 saturated carbocycles. The number of hydrogen-bond donors (Lipinski definition) is 0. The topological polar surface area (TPSA) is 61.7 Å². The Bertz CT molecular complexity index is 320. The van der Waals surface area contributed by atoms with E-state index in [2.05, 4.69) is 30.9 Å². The second kappa shape index (κ2) is 3.57. The first-order valence-electron chi connectivity index (χ1n) is 2.61. The summed E-state index contributed by atoms with van der Waals surface area (Å²) in [5, 5.41) is 3.66. The molecule has 1 aromatic heterocycles. The number of hydrogen-bond acceptors (Lipinski definition) is 2. The van der Waals surface area contributed by atoms with Gasteiger partial charge >= 0.3 is 0 Å². The normalized spacial score (nSPS) is 8.91. The van der Waals surface area contributed by atoms with Gasteiger partial charge in [0.1, 0.15) is 5.15 Å². The number of halogens is 2. The zero-order valence-corrected chi connectivity index (χ0v) is 7.54. The molecule has 0 radical (unpaired) electrons. The van der Waals surface area contributed by atoms with Crippen LogP contribution in [0, 0.1) is 0 Å². The lowest BCUT2D eigenvalue weighted by atomic mass is 10.4. The second-order valence-electron chi connectivity index (χ2n) is 1.62. The van der Waals surface area contributed by atoms with E-state index in [0.29, 0.717) is 10.2 Å². The highest BCUT2D eigenvalue weighted by molar-refractivity contribution is 9.10. The van der Waals surface area contributed by atoms with Crippen molar-refractivity contribution in [2.75, 3.05) is 0 Å². The summed E-state index contributed by atoms with van der Waals surface area (Å²) in [4.78, 5) is 6.37. The average molecular weight is 233 g/mol. The lowest BCUT2D eigenvalue weighted by molar-refractivity contribution is 1.28. The van der Waals surface area contributed by atoms with E-state index in [4.69, 9.17) is 17.1 Å². The maximum absolute atomic E-state index is 8.11. The van der Waals surface area contributed by atoms with Crippen LogP contribution in [-0.2, 0) is 0 Å². The minimum Gasteiger partial charge on any atom is -0.243 e. The Morgan fingerprint density at radius 2 is 2.45 bits per heavy atom. The third-order valence-electron chi connectivity index (χ3n) is 0.979. The summed E-state index contributed by atoms with van der Waals surface area (Å²) in [5.41, 5.74) is 8.55. The van der Waals surface area contributed by atoms with Crippen molar-refractivity contribution in [2.45, 2.75) is 0 Å². The Labute approximate surface area is 76.0 Å². The van der Waals surface area contributed by atoms with Crippen LogP contribution in [-0.4, -0.2) is 4.98 Å². The van der Waals surface area contributed by atoms with Gasteiger partial charge in [0, 0.05) is 11.1 Å². The summed E-state index contributed by atoms with van der Waals surface area (Å²) in [6, 6.07) is 1.57. The van der Waals surface area contributed by atoms with Gasteiger partial charge in [-0.3, -0.25) is 0 Å². The lowest BCUT2D eigenvalue weighted by Crippen LogP contribution is -1.74. The first-order chi connectivity index (χ1) is 5.25. The van der Waals surface area contributed by atoms with Gasteiger partial charge in [-0.15, -0.1) is 0 Å². The molecule has 56 valence electrons. The molecular weight excluding hydrogens is 231 g/mol. The molecule has 0 atom stereocenters. The smallest absolute Gasteiger partial charge is 0.143 e. The van der Waals surface area contributed by atoms with Crippen molar-refractivity contribution in [1.29, 1.82) is 0 Å². The van der Waals surface area contributed by atoms with Gasteiger partial charge in [0.15, 0.2) is 0 Å². The van der Waals surface area contributed by atoms with E-state index >= 15 is 0 Å². The summed E-state index contributed by atoms with van der Waals surface area (Å²) in [7, 11) is 0. The van der Waals surface area contributed by atoms with Crippen LogP contribution < -0.4 is 0 Å². The first-order valence-corrected chi connectivity index (χ1v) is 3.78. The Hall–Kier alpha value is -0.770. The minimum atomic E-state index is 0.287. The molecule has 0 spiro atoms. The van der Waals surface area contributed by atoms with Crippen LogP contribution in [0.3, 0.4) is 0 Å². The largest absolute Gasteiger partial charge is 0.243 e. The van der Waals surface area contributed by atoms with Crippen LogP contribution in [0.15, 0.2) is 21.9 Å². The van der Waals surface area contributed by atoms with E-state index in [9.17, 15) is 0 Å². The molecule has 1 heterocycles. The molecular formula is C5H2BrClN4. The van der Waals surface area contributed by atoms with Crippen LogP contribution in [0.1, 0.15) is 0 Å². The highest BCUT2D eigenvalue weighted by atomic mass is 79.9. The van der Waals surface area contributed by atoms with Crippen LogP contribution in [0.4, 0.5) is 5.69 Å². The van der Waals surface area contributed by atoms with Crippen molar-refractivity contribution in [3.8, 4) is 0 Å². The lowest BCUT2D eigenvalue weighted by Gasteiger charge is -1.95. The van der Waals surface area contributed by atoms with Gasteiger partial charge in [0.2, 0.25) is 0 Å². The molecule has 0 amide bonds. The van der Waals surface area contributed by atoms with Crippen LogP contribution in [0.2, 0.25) is 5.15 Å². The predicted molar refractivity (Wildman–Crippen MR) is 45.8 cm³/mol. The molecule has 0 bridgehead atoms. The molecule has 11 heavy (non-hydrogen) atoms. The van der Waals surface area contributed by atoms with Crippen molar-refractivity contribution in [2.24, 2.45) is 5.11 Å². The Morgan fingerprint density at radius 1 is 1.73 bits per heavy atom. The monoisotopic (exact) mass is 232 g/mol. The number of nitrogens with zero attached hydrogens (tertiary/aromatic N) is 4. The minimum absolute atomic E-state index is 0.287. The van der Waals surface area contributed by atoms with Crippen LogP contribution in [0.5, 0.6) is 0 Å². The number of rotatable bonds is 1. The summed E-state index contributed by atoms with van der Waals surface area (Å²) in [6.45, 7) is 0. The van der Waals surface area contributed by atoms with E-state index in [1.165, 1.54) is 6.20 Å². The SMILES string of the molecule is [N-]=[N+]=Nc1ccnc(Cl)c1Br. The van der Waals surface area contributed by atoms with Crippen molar-refractivity contribution < 1.29 is 0 Å².